The molecule has 0 heterocycles. The van der Waals surface area contributed by atoms with Gasteiger partial charge >= 0.3 is 0 Å². The van der Waals surface area contributed by atoms with E-state index in [1.165, 1.54) is 13.2 Å². The van der Waals surface area contributed by atoms with Crippen molar-refractivity contribution in [2.24, 2.45) is 0 Å². The summed E-state index contributed by atoms with van der Waals surface area (Å²) < 4.78 is 19.6. The van der Waals surface area contributed by atoms with Gasteiger partial charge in [-0.2, -0.15) is 5.26 Å². The van der Waals surface area contributed by atoms with E-state index in [0.717, 1.165) is 10.0 Å². The van der Waals surface area contributed by atoms with Crippen molar-refractivity contribution in [1.82, 2.24) is 5.32 Å². The fraction of sp³-hybridized carbons (Fsp3) is 0.188. The van der Waals surface area contributed by atoms with E-state index >= 15 is 0 Å². The second-order valence-electron chi connectivity index (χ2n) is 4.49. The van der Waals surface area contributed by atoms with Crippen molar-refractivity contribution in [2.45, 2.75) is 13.1 Å². The first-order valence-electron chi connectivity index (χ1n) is 6.35. The molecule has 0 saturated carbocycles. The summed E-state index contributed by atoms with van der Waals surface area (Å²) in [5, 5.41) is 12.1. The van der Waals surface area contributed by atoms with E-state index in [1.54, 1.807) is 18.2 Å². The van der Waals surface area contributed by atoms with E-state index in [1.807, 2.05) is 12.1 Å². The molecule has 21 heavy (non-hydrogen) atoms. The molecular formula is C16H14BrFN2O. The molecule has 3 nitrogen and oxygen atoms in total. The molecule has 2 aromatic rings. The quantitative estimate of drug-likeness (QED) is 0.894. The molecule has 0 atom stereocenters. The largest absolute Gasteiger partial charge is 0.495 e. The van der Waals surface area contributed by atoms with E-state index in [0.29, 0.717) is 30.0 Å². The van der Waals surface area contributed by atoms with Crippen LogP contribution in [0.3, 0.4) is 0 Å². The maximum absolute atomic E-state index is 13.6. The van der Waals surface area contributed by atoms with Crippen molar-refractivity contribution in [3.05, 3.63) is 63.4 Å². The number of benzene rings is 2. The third kappa shape index (κ3) is 4.03. The predicted molar refractivity (Wildman–Crippen MR) is 82.4 cm³/mol. The first kappa shape index (κ1) is 15.5. The molecule has 0 bridgehead atoms. The Morgan fingerprint density at radius 3 is 2.76 bits per heavy atom. The summed E-state index contributed by atoms with van der Waals surface area (Å²) in [6, 6.07) is 12.3. The Morgan fingerprint density at radius 2 is 2.05 bits per heavy atom. The summed E-state index contributed by atoms with van der Waals surface area (Å²) in [7, 11) is 1.53. The molecule has 0 aliphatic carbocycles. The summed E-state index contributed by atoms with van der Waals surface area (Å²) in [5.74, 6) is 0.313. The van der Waals surface area contributed by atoms with E-state index in [-0.39, 0.29) is 5.82 Å². The fourth-order valence-electron chi connectivity index (χ4n) is 1.96. The van der Waals surface area contributed by atoms with Crippen molar-refractivity contribution in [3.63, 3.8) is 0 Å². The van der Waals surface area contributed by atoms with Gasteiger partial charge in [0.1, 0.15) is 17.6 Å². The van der Waals surface area contributed by atoms with Crippen molar-refractivity contribution in [1.29, 1.82) is 5.26 Å². The molecule has 0 radical (unpaired) electrons. The zero-order valence-corrected chi connectivity index (χ0v) is 13.1. The van der Waals surface area contributed by atoms with Crippen LogP contribution in [-0.4, -0.2) is 7.11 Å². The van der Waals surface area contributed by atoms with Crippen LogP contribution in [0.5, 0.6) is 5.75 Å². The van der Waals surface area contributed by atoms with Crippen molar-refractivity contribution in [2.75, 3.05) is 7.11 Å². The Balaban J connectivity index is 2.00. The number of halogens is 2. The van der Waals surface area contributed by atoms with Crippen LogP contribution in [0.15, 0.2) is 40.9 Å². The van der Waals surface area contributed by atoms with Crippen LogP contribution in [-0.2, 0) is 13.1 Å². The number of methoxy groups -OCH3 is 1. The minimum atomic E-state index is -0.233. The lowest BCUT2D eigenvalue weighted by atomic mass is 10.1. The number of nitrogens with one attached hydrogen (secondary N) is 1. The van der Waals surface area contributed by atoms with Crippen LogP contribution in [0.25, 0.3) is 0 Å². The van der Waals surface area contributed by atoms with Crippen LogP contribution < -0.4 is 10.1 Å². The van der Waals surface area contributed by atoms with E-state index in [9.17, 15) is 4.39 Å². The summed E-state index contributed by atoms with van der Waals surface area (Å²) >= 11 is 3.33. The van der Waals surface area contributed by atoms with Gasteiger partial charge in [0.15, 0.2) is 0 Å². The molecule has 0 saturated heterocycles. The van der Waals surface area contributed by atoms with Gasteiger partial charge in [0.25, 0.3) is 0 Å². The number of hydrogen-bond acceptors (Lipinski definition) is 3. The second kappa shape index (κ2) is 7.21. The highest BCUT2D eigenvalue weighted by atomic mass is 79.9. The molecular weight excluding hydrogens is 335 g/mol. The topological polar surface area (TPSA) is 45.0 Å². The fourth-order valence-corrected chi connectivity index (χ4v) is 2.37. The van der Waals surface area contributed by atoms with E-state index in [4.69, 9.17) is 10.00 Å². The Hall–Kier alpha value is -1.90. The third-order valence-corrected chi connectivity index (χ3v) is 3.53. The molecule has 0 aromatic heterocycles. The van der Waals surface area contributed by atoms with Crippen molar-refractivity contribution < 1.29 is 9.13 Å². The molecule has 2 aromatic carbocycles. The number of rotatable bonds is 5. The molecule has 2 rings (SSSR count). The highest BCUT2D eigenvalue weighted by Gasteiger charge is 2.05. The monoisotopic (exact) mass is 348 g/mol. The Morgan fingerprint density at radius 1 is 1.24 bits per heavy atom. The molecule has 0 aliphatic heterocycles. The lowest BCUT2D eigenvalue weighted by Gasteiger charge is -2.09. The van der Waals surface area contributed by atoms with Crippen molar-refractivity contribution in [3.8, 4) is 11.8 Å². The SMILES string of the molecule is COc1cc(CNCc2cc(Br)ccc2F)ccc1C#N. The molecule has 1 N–H and O–H groups in total. The summed E-state index contributed by atoms with van der Waals surface area (Å²) in [6.45, 7) is 0.988. The lowest BCUT2D eigenvalue weighted by molar-refractivity contribution is 0.412. The normalized spacial score (nSPS) is 10.2. The van der Waals surface area contributed by atoms with Crippen LogP contribution in [0.1, 0.15) is 16.7 Å². The van der Waals surface area contributed by atoms with Crippen molar-refractivity contribution >= 4 is 15.9 Å². The zero-order valence-electron chi connectivity index (χ0n) is 11.5. The van der Waals surface area contributed by atoms with Gasteiger partial charge < -0.3 is 10.1 Å². The third-order valence-electron chi connectivity index (χ3n) is 3.04. The Bertz CT molecular complexity index is 682. The minimum Gasteiger partial charge on any atom is -0.495 e. The van der Waals surface area contributed by atoms with Gasteiger partial charge in [-0.15, -0.1) is 0 Å². The van der Waals surface area contributed by atoms with Crippen LogP contribution in [0.2, 0.25) is 0 Å². The van der Waals surface area contributed by atoms with Gasteiger partial charge in [-0.05, 0) is 35.9 Å². The van der Waals surface area contributed by atoms with E-state index < -0.39 is 0 Å². The predicted octanol–water partition coefficient (Wildman–Crippen LogP) is 3.76. The Kier molecular flexibility index (Phi) is 5.32. The standard InChI is InChI=1S/C16H14BrFN2O/c1-21-16-6-11(2-3-12(16)8-19)9-20-10-13-7-14(17)4-5-15(13)18/h2-7,20H,9-10H2,1H3. The maximum atomic E-state index is 13.6. The molecule has 0 spiro atoms. The highest BCUT2D eigenvalue weighted by molar-refractivity contribution is 9.10. The second-order valence-corrected chi connectivity index (χ2v) is 5.40. The minimum absolute atomic E-state index is 0.233. The molecule has 5 heteroatoms. The molecule has 0 aliphatic rings. The zero-order chi connectivity index (χ0) is 15.2. The summed E-state index contributed by atoms with van der Waals surface area (Å²) in [5.41, 5.74) is 2.07. The van der Waals surface area contributed by atoms with E-state index in [2.05, 4.69) is 27.3 Å². The van der Waals surface area contributed by atoms with Gasteiger partial charge in [0, 0.05) is 23.1 Å². The van der Waals surface area contributed by atoms with Gasteiger partial charge in [-0.25, -0.2) is 4.39 Å². The van der Waals surface area contributed by atoms with Crippen LogP contribution in [0.4, 0.5) is 4.39 Å². The molecule has 0 unspecified atom stereocenters. The number of nitrogens with zero attached hydrogens (tertiary/aromatic N) is 1. The molecule has 108 valence electrons. The molecule has 0 amide bonds. The number of hydrogen-bond donors (Lipinski definition) is 1. The Labute approximate surface area is 131 Å². The van der Waals surface area contributed by atoms with Gasteiger partial charge in [-0.1, -0.05) is 22.0 Å². The van der Waals surface area contributed by atoms with Gasteiger partial charge in [0.2, 0.25) is 0 Å². The molecule has 0 fully saturated rings. The first-order valence-corrected chi connectivity index (χ1v) is 7.15. The van der Waals surface area contributed by atoms with Gasteiger partial charge in [-0.3, -0.25) is 0 Å². The summed E-state index contributed by atoms with van der Waals surface area (Å²) in [6.07, 6.45) is 0. The average molecular weight is 349 g/mol. The first-order chi connectivity index (χ1) is 10.1. The summed E-state index contributed by atoms with van der Waals surface area (Å²) in [4.78, 5) is 0. The maximum Gasteiger partial charge on any atom is 0.136 e. The van der Waals surface area contributed by atoms with Crippen LogP contribution in [0, 0.1) is 17.1 Å². The number of ether oxygens (including phenoxy) is 1. The van der Waals surface area contributed by atoms with Crippen LogP contribution >= 0.6 is 15.9 Å². The lowest BCUT2D eigenvalue weighted by Crippen LogP contribution is -2.14. The number of nitriles is 1. The highest BCUT2D eigenvalue weighted by Crippen LogP contribution is 2.19. The van der Waals surface area contributed by atoms with Gasteiger partial charge in [0.05, 0.1) is 12.7 Å². The smallest absolute Gasteiger partial charge is 0.136 e. The average Bonchev–Trinajstić information content (AvgIpc) is 2.50.